The molecule has 0 fully saturated rings. The second kappa shape index (κ2) is 8.46. The van der Waals surface area contributed by atoms with Crippen LogP contribution in [0, 0.1) is 12.3 Å². The molecule has 3 aromatic rings. The molecule has 3 N–H and O–H groups in total. The number of hydrogen-bond donors (Lipinski definition) is 2. The van der Waals surface area contributed by atoms with Crippen LogP contribution in [-0.2, 0) is 17.8 Å². The van der Waals surface area contributed by atoms with Crippen molar-refractivity contribution in [2.45, 2.75) is 53.0 Å². The number of primary amides is 1. The van der Waals surface area contributed by atoms with Gasteiger partial charge in [-0.1, -0.05) is 26.0 Å². The zero-order chi connectivity index (χ0) is 20.1. The zero-order valence-corrected chi connectivity index (χ0v) is 16.9. The van der Waals surface area contributed by atoms with Gasteiger partial charge in [0.15, 0.2) is 0 Å². The van der Waals surface area contributed by atoms with Gasteiger partial charge in [-0.15, -0.1) is 0 Å². The van der Waals surface area contributed by atoms with Crippen molar-refractivity contribution in [2.75, 3.05) is 5.32 Å². The maximum atomic E-state index is 12.0. The van der Waals surface area contributed by atoms with Crippen LogP contribution in [0.1, 0.15) is 50.2 Å². The number of aryl methyl sites for hydroxylation is 2. The second-order valence-electron chi connectivity index (χ2n) is 7.40. The highest BCUT2D eigenvalue weighted by atomic mass is 16.3. The quantitative estimate of drug-likeness (QED) is 0.550. The van der Waals surface area contributed by atoms with Crippen LogP contribution in [0.4, 0.5) is 5.82 Å². The van der Waals surface area contributed by atoms with E-state index < -0.39 is 5.41 Å². The molecule has 2 aromatic heterocycles. The molecule has 0 aliphatic rings. The maximum absolute atomic E-state index is 12.0. The fourth-order valence-corrected chi connectivity index (χ4v) is 3.74. The Morgan fingerprint density at radius 2 is 1.93 bits per heavy atom. The van der Waals surface area contributed by atoms with E-state index in [4.69, 9.17) is 15.1 Å². The molecule has 0 saturated carbocycles. The average Bonchev–Trinajstić information content (AvgIpc) is 3.12. The smallest absolute Gasteiger partial charge is 0.223 e. The number of furan rings is 1. The van der Waals surface area contributed by atoms with Gasteiger partial charge in [0.25, 0.3) is 0 Å². The summed E-state index contributed by atoms with van der Waals surface area (Å²) in [5.41, 5.74) is 7.41. The van der Waals surface area contributed by atoms with Gasteiger partial charge in [-0.25, -0.2) is 4.98 Å². The number of rotatable bonds is 9. The normalized spacial score (nSPS) is 11.7. The number of carbonyl (C=O) groups excluding carboxylic acids is 1. The Hall–Kier alpha value is -2.82. The third kappa shape index (κ3) is 4.19. The van der Waals surface area contributed by atoms with E-state index >= 15 is 0 Å². The number of benzene rings is 1. The number of carbonyl (C=O) groups is 1. The van der Waals surface area contributed by atoms with Crippen molar-refractivity contribution in [1.29, 1.82) is 0 Å². The Morgan fingerprint density at radius 3 is 2.57 bits per heavy atom. The molecule has 3 rings (SSSR count). The van der Waals surface area contributed by atoms with Crippen molar-refractivity contribution < 1.29 is 9.21 Å². The molecule has 28 heavy (non-hydrogen) atoms. The van der Waals surface area contributed by atoms with Gasteiger partial charge in [0, 0.05) is 10.8 Å². The summed E-state index contributed by atoms with van der Waals surface area (Å²) >= 11 is 0. The van der Waals surface area contributed by atoms with E-state index in [1.165, 1.54) is 5.56 Å². The summed E-state index contributed by atoms with van der Waals surface area (Å²) in [5, 5.41) is 4.43. The second-order valence-corrected chi connectivity index (χ2v) is 7.40. The minimum Gasteiger partial charge on any atom is -0.465 e. The number of anilines is 1. The summed E-state index contributed by atoms with van der Waals surface area (Å²) in [6, 6.07) is 14.2. The molecule has 0 saturated heterocycles. The molecule has 0 radical (unpaired) electrons. The van der Waals surface area contributed by atoms with Crippen molar-refractivity contribution in [3.05, 3.63) is 59.5 Å². The number of nitrogens with two attached hydrogens (primary N) is 1. The van der Waals surface area contributed by atoms with Crippen LogP contribution in [-0.4, -0.2) is 10.9 Å². The van der Waals surface area contributed by atoms with E-state index in [9.17, 15) is 4.79 Å². The third-order valence-electron chi connectivity index (χ3n) is 5.81. The SMILES string of the molecule is CCC(CC)(CCc1cccc2nc(NCc3ccc(C)o3)ccc12)C(N)=O. The third-order valence-corrected chi connectivity index (χ3v) is 5.81. The summed E-state index contributed by atoms with van der Waals surface area (Å²) in [6.07, 6.45) is 3.10. The summed E-state index contributed by atoms with van der Waals surface area (Å²) in [7, 11) is 0. The average molecular weight is 380 g/mol. The number of nitrogens with one attached hydrogen (secondary N) is 1. The first kappa shape index (κ1) is 19.9. The molecule has 0 aliphatic carbocycles. The monoisotopic (exact) mass is 379 g/mol. The Bertz CT molecular complexity index is 957. The lowest BCUT2D eigenvalue weighted by atomic mass is 9.76. The van der Waals surface area contributed by atoms with Crippen LogP contribution in [0.5, 0.6) is 0 Å². The largest absolute Gasteiger partial charge is 0.465 e. The number of pyridine rings is 1. The fourth-order valence-electron chi connectivity index (χ4n) is 3.74. The van der Waals surface area contributed by atoms with Gasteiger partial charge in [-0.3, -0.25) is 4.79 Å². The Kier molecular flexibility index (Phi) is 6.02. The lowest BCUT2D eigenvalue weighted by molar-refractivity contribution is -0.128. The molecule has 5 heteroatoms. The van der Waals surface area contributed by atoms with Crippen LogP contribution in [0.15, 0.2) is 46.9 Å². The molecule has 0 aliphatic heterocycles. The van der Waals surface area contributed by atoms with Crippen molar-refractivity contribution >= 4 is 22.6 Å². The van der Waals surface area contributed by atoms with Crippen LogP contribution in [0.25, 0.3) is 10.9 Å². The first-order valence-corrected chi connectivity index (χ1v) is 9.95. The lowest BCUT2D eigenvalue weighted by Crippen LogP contribution is -2.36. The van der Waals surface area contributed by atoms with E-state index in [2.05, 4.69) is 17.4 Å². The van der Waals surface area contributed by atoms with Crippen LogP contribution < -0.4 is 11.1 Å². The molecule has 2 heterocycles. The molecular formula is C23H29N3O2. The Morgan fingerprint density at radius 1 is 1.14 bits per heavy atom. The fraction of sp³-hybridized carbons (Fsp3) is 0.391. The minimum absolute atomic E-state index is 0.199. The van der Waals surface area contributed by atoms with E-state index in [1.54, 1.807) is 0 Å². The molecule has 0 atom stereocenters. The van der Waals surface area contributed by atoms with Gasteiger partial charge in [0.2, 0.25) is 5.91 Å². The number of fused-ring (bicyclic) bond motifs is 1. The minimum atomic E-state index is -0.432. The Labute approximate surface area is 166 Å². The van der Waals surface area contributed by atoms with Crippen LogP contribution >= 0.6 is 0 Å². The first-order valence-electron chi connectivity index (χ1n) is 9.95. The van der Waals surface area contributed by atoms with Gasteiger partial charge in [0.05, 0.1) is 12.1 Å². The van der Waals surface area contributed by atoms with Gasteiger partial charge in [0.1, 0.15) is 17.3 Å². The van der Waals surface area contributed by atoms with Crippen molar-refractivity contribution in [1.82, 2.24) is 4.98 Å². The van der Waals surface area contributed by atoms with E-state index in [-0.39, 0.29) is 5.91 Å². The first-order chi connectivity index (χ1) is 13.5. The molecule has 0 spiro atoms. The predicted molar refractivity (Wildman–Crippen MR) is 113 cm³/mol. The molecular weight excluding hydrogens is 350 g/mol. The standard InChI is InChI=1S/C23H29N3O2/c1-4-23(5-2,22(24)27)14-13-17-7-6-8-20-19(17)11-12-21(26-20)25-15-18-10-9-16(3)28-18/h6-12H,4-5,13-15H2,1-3H3,(H2,24,27)(H,25,26). The number of hydrogen-bond acceptors (Lipinski definition) is 4. The zero-order valence-electron chi connectivity index (χ0n) is 16.9. The summed E-state index contributed by atoms with van der Waals surface area (Å²) in [6.45, 7) is 6.61. The molecule has 5 nitrogen and oxygen atoms in total. The highest BCUT2D eigenvalue weighted by molar-refractivity contribution is 5.84. The summed E-state index contributed by atoms with van der Waals surface area (Å²) < 4.78 is 5.59. The molecule has 1 amide bonds. The van der Waals surface area contributed by atoms with E-state index in [0.717, 1.165) is 53.9 Å². The van der Waals surface area contributed by atoms with Crippen LogP contribution in [0.3, 0.4) is 0 Å². The highest BCUT2D eigenvalue weighted by Crippen LogP contribution is 2.33. The molecule has 1 aromatic carbocycles. The number of aromatic nitrogens is 1. The highest BCUT2D eigenvalue weighted by Gasteiger charge is 2.32. The maximum Gasteiger partial charge on any atom is 0.223 e. The number of nitrogens with zero attached hydrogens (tertiary/aromatic N) is 1. The van der Waals surface area contributed by atoms with Gasteiger partial charge >= 0.3 is 0 Å². The van der Waals surface area contributed by atoms with Crippen molar-refractivity contribution in [3.63, 3.8) is 0 Å². The Balaban J connectivity index is 1.76. The van der Waals surface area contributed by atoms with Gasteiger partial charge in [-0.05, 0) is 68.5 Å². The molecule has 148 valence electrons. The van der Waals surface area contributed by atoms with Crippen molar-refractivity contribution in [2.24, 2.45) is 11.1 Å². The predicted octanol–water partition coefficient (Wildman–Crippen LogP) is 4.97. The summed E-state index contributed by atoms with van der Waals surface area (Å²) in [5.74, 6) is 2.40. The van der Waals surface area contributed by atoms with Crippen LogP contribution in [0.2, 0.25) is 0 Å². The summed E-state index contributed by atoms with van der Waals surface area (Å²) in [4.78, 5) is 16.7. The lowest BCUT2D eigenvalue weighted by Gasteiger charge is -2.28. The van der Waals surface area contributed by atoms with E-state index in [1.807, 2.05) is 51.1 Å². The van der Waals surface area contributed by atoms with Gasteiger partial charge in [-0.2, -0.15) is 0 Å². The topological polar surface area (TPSA) is 81.2 Å². The van der Waals surface area contributed by atoms with Crippen molar-refractivity contribution in [3.8, 4) is 0 Å². The van der Waals surface area contributed by atoms with E-state index in [0.29, 0.717) is 6.54 Å². The van der Waals surface area contributed by atoms with Gasteiger partial charge < -0.3 is 15.5 Å². The number of amides is 1. The molecule has 0 bridgehead atoms. The molecule has 0 unspecified atom stereocenters.